The Hall–Kier alpha value is -1.10. The Morgan fingerprint density at radius 1 is 1.40 bits per heavy atom. The van der Waals surface area contributed by atoms with E-state index in [2.05, 4.69) is 12.2 Å². The lowest BCUT2D eigenvalue weighted by Gasteiger charge is -2.00. The van der Waals surface area contributed by atoms with Gasteiger partial charge in [-0.3, -0.25) is 19.7 Å². The fraction of sp³-hybridized carbons (Fsp3) is 0.500. The van der Waals surface area contributed by atoms with Gasteiger partial charge in [-0.05, 0) is 24.6 Å². The van der Waals surface area contributed by atoms with Crippen molar-refractivity contribution in [3.63, 3.8) is 0 Å². The van der Waals surface area contributed by atoms with Gasteiger partial charge in [-0.1, -0.05) is 19.8 Å². The largest absolute Gasteiger partial charge is 0.298 e. The second kappa shape index (κ2) is 5.70. The van der Waals surface area contributed by atoms with Crippen LogP contribution in [0.15, 0.2) is 10.5 Å². The zero-order valence-electron chi connectivity index (χ0n) is 8.54. The first kappa shape index (κ1) is 12.0. The van der Waals surface area contributed by atoms with E-state index in [-0.39, 0.29) is 4.91 Å². The molecule has 0 unspecified atom stereocenters. The van der Waals surface area contributed by atoms with Gasteiger partial charge in [0.05, 0.1) is 4.91 Å². The van der Waals surface area contributed by atoms with Crippen molar-refractivity contribution in [3.8, 4) is 0 Å². The molecule has 0 bridgehead atoms. The summed E-state index contributed by atoms with van der Waals surface area (Å²) in [6.07, 6.45) is 4.19. The van der Waals surface area contributed by atoms with Crippen molar-refractivity contribution in [2.24, 2.45) is 0 Å². The highest BCUT2D eigenvalue weighted by Gasteiger charge is 2.27. The maximum absolute atomic E-state index is 11.2. The van der Waals surface area contributed by atoms with E-state index in [0.29, 0.717) is 18.3 Å². The SMILES string of the molecule is CCCCCC(C=O)=C1SC(=O)NC1=O. The minimum Gasteiger partial charge on any atom is -0.298 e. The predicted octanol–water partition coefficient (Wildman–Crippen LogP) is 2.00. The Bertz CT molecular complexity index is 323. The lowest BCUT2D eigenvalue weighted by atomic mass is 10.1. The Labute approximate surface area is 92.5 Å². The van der Waals surface area contributed by atoms with Crippen LogP contribution in [0.1, 0.15) is 32.6 Å². The van der Waals surface area contributed by atoms with Gasteiger partial charge in [-0.2, -0.15) is 0 Å². The van der Waals surface area contributed by atoms with Crippen LogP contribution in [0.2, 0.25) is 0 Å². The summed E-state index contributed by atoms with van der Waals surface area (Å²) < 4.78 is 0. The lowest BCUT2D eigenvalue weighted by molar-refractivity contribution is -0.115. The smallest absolute Gasteiger partial charge is 0.290 e. The summed E-state index contributed by atoms with van der Waals surface area (Å²) in [5.41, 5.74) is 0.441. The van der Waals surface area contributed by atoms with Crippen molar-refractivity contribution in [2.45, 2.75) is 32.6 Å². The quantitative estimate of drug-likeness (QED) is 0.443. The van der Waals surface area contributed by atoms with Crippen LogP contribution in [-0.2, 0) is 9.59 Å². The number of amides is 2. The second-order valence-electron chi connectivity index (χ2n) is 3.27. The summed E-state index contributed by atoms with van der Waals surface area (Å²) in [5, 5.41) is 1.74. The molecular weight excluding hydrogens is 214 g/mol. The van der Waals surface area contributed by atoms with Crippen LogP contribution < -0.4 is 5.32 Å². The van der Waals surface area contributed by atoms with E-state index < -0.39 is 11.1 Å². The molecule has 0 aromatic rings. The summed E-state index contributed by atoms with van der Waals surface area (Å²) in [6.45, 7) is 2.06. The Morgan fingerprint density at radius 2 is 2.13 bits per heavy atom. The zero-order chi connectivity index (χ0) is 11.3. The van der Waals surface area contributed by atoms with Crippen LogP contribution in [0.5, 0.6) is 0 Å². The van der Waals surface area contributed by atoms with E-state index in [9.17, 15) is 14.4 Å². The standard InChI is InChI=1S/C10H13NO3S/c1-2-3-4-5-7(6-12)8-9(13)11-10(14)15-8/h6H,2-5H2,1H3,(H,11,13,14). The summed E-state index contributed by atoms with van der Waals surface area (Å²) in [4.78, 5) is 33.2. The van der Waals surface area contributed by atoms with Gasteiger partial charge in [0.15, 0.2) is 0 Å². The molecule has 1 fully saturated rings. The number of unbranched alkanes of at least 4 members (excludes halogenated alkanes) is 2. The van der Waals surface area contributed by atoms with Crippen molar-refractivity contribution in [3.05, 3.63) is 10.5 Å². The molecule has 5 heteroatoms. The molecule has 1 saturated heterocycles. The summed E-state index contributed by atoms with van der Waals surface area (Å²) in [5.74, 6) is -0.441. The van der Waals surface area contributed by atoms with Gasteiger partial charge in [-0.15, -0.1) is 0 Å². The summed E-state index contributed by atoms with van der Waals surface area (Å²) in [7, 11) is 0. The number of carbonyl (C=O) groups excluding carboxylic acids is 3. The number of hydrogen-bond donors (Lipinski definition) is 1. The monoisotopic (exact) mass is 227 g/mol. The van der Waals surface area contributed by atoms with Gasteiger partial charge in [0, 0.05) is 5.57 Å². The molecular formula is C10H13NO3S. The molecule has 0 aromatic heterocycles. The molecule has 0 radical (unpaired) electrons. The molecule has 0 atom stereocenters. The van der Waals surface area contributed by atoms with Gasteiger partial charge in [-0.25, -0.2) is 0 Å². The molecule has 15 heavy (non-hydrogen) atoms. The number of rotatable bonds is 5. The maximum atomic E-state index is 11.2. The molecule has 0 aliphatic carbocycles. The number of thioether (sulfide) groups is 1. The zero-order valence-corrected chi connectivity index (χ0v) is 9.36. The number of hydrogen-bond acceptors (Lipinski definition) is 4. The molecule has 2 amide bonds. The maximum Gasteiger partial charge on any atom is 0.290 e. The highest BCUT2D eigenvalue weighted by molar-refractivity contribution is 8.18. The number of allylic oxidation sites excluding steroid dienone is 1. The number of nitrogens with one attached hydrogen (secondary N) is 1. The van der Waals surface area contributed by atoms with E-state index in [1.807, 2.05) is 0 Å². The van der Waals surface area contributed by atoms with Crippen molar-refractivity contribution in [1.29, 1.82) is 0 Å². The van der Waals surface area contributed by atoms with Gasteiger partial charge in [0.1, 0.15) is 6.29 Å². The molecule has 0 spiro atoms. The average Bonchev–Trinajstić information content (AvgIpc) is 2.53. The van der Waals surface area contributed by atoms with E-state index in [0.717, 1.165) is 31.0 Å². The van der Waals surface area contributed by atoms with Crippen LogP contribution in [0.4, 0.5) is 4.79 Å². The summed E-state index contributed by atoms with van der Waals surface area (Å²) in [6, 6.07) is 0. The fourth-order valence-electron chi connectivity index (χ4n) is 1.32. The molecule has 1 heterocycles. The second-order valence-corrected chi connectivity index (χ2v) is 4.26. The van der Waals surface area contributed by atoms with Crippen molar-refractivity contribution < 1.29 is 14.4 Å². The Morgan fingerprint density at radius 3 is 2.60 bits per heavy atom. The topological polar surface area (TPSA) is 63.2 Å². The molecule has 4 nitrogen and oxygen atoms in total. The van der Waals surface area contributed by atoms with E-state index >= 15 is 0 Å². The van der Waals surface area contributed by atoms with Crippen LogP contribution >= 0.6 is 11.8 Å². The highest BCUT2D eigenvalue weighted by Crippen LogP contribution is 2.27. The van der Waals surface area contributed by atoms with Crippen LogP contribution in [0.25, 0.3) is 0 Å². The number of aldehydes is 1. The molecule has 1 aliphatic rings. The third kappa shape index (κ3) is 3.20. The van der Waals surface area contributed by atoms with Crippen LogP contribution in [0, 0.1) is 0 Å². The third-order valence-corrected chi connectivity index (χ3v) is 3.04. The van der Waals surface area contributed by atoms with Gasteiger partial charge in [0.25, 0.3) is 11.1 Å². The number of carbonyl (C=O) groups is 3. The predicted molar refractivity (Wildman–Crippen MR) is 58.4 cm³/mol. The molecule has 1 N–H and O–H groups in total. The first-order valence-electron chi connectivity index (χ1n) is 4.90. The van der Waals surface area contributed by atoms with Crippen LogP contribution in [-0.4, -0.2) is 17.4 Å². The van der Waals surface area contributed by atoms with Crippen molar-refractivity contribution in [2.75, 3.05) is 0 Å². The van der Waals surface area contributed by atoms with E-state index in [1.54, 1.807) is 0 Å². The third-order valence-electron chi connectivity index (χ3n) is 2.10. The summed E-state index contributed by atoms with van der Waals surface area (Å²) >= 11 is 0.813. The van der Waals surface area contributed by atoms with Gasteiger partial charge < -0.3 is 0 Å². The molecule has 82 valence electrons. The van der Waals surface area contributed by atoms with Crippen molar-refractivity contribution >= 4 is 29.2 Å². The Balaban J connectivity index is 2.70. The molecule has 1 aliphatic heterocycles. The normalized spacial score (nSPS) is 19.0. The van der Waals surface area contributed by atoms with Crippen molar-refractivity contribution in [1.82, 2.24) is 5.32 Å². The lowest BCUT2D eigenvalue weighted by Crippen LogP contribution is -2.18. The first-order chi connectivity index (χ1) is 7.19. The minimum atomic E-state index is -0.441. The average molecular weight is 227 g/mol. The molecule has 0 aromatic carbocycles. The fourth-order valence-corrected chi connectivity index (χ4v) is 2.07. The van der Waals surface area contributed by atoms with E-state index in [1.165, 1.54) is 0 Å². The molecule has 1 rings (SSSR count). The Kier molecular flexibility index (Phi) is 4.55. The van der Waals surface area contributed by atoms with Crippen LogP contribution in [0.3, 0.4) is 0 Å². The van der Waals surface area contributed by atoms with E-state index in [4.69, 9.17) is 0 Å². The van der Waals surface area contributed by atoms with Gasteiger partial charge in [0.2, 0.25) is 0 Å². The highest BCUT2D eigenvalue weighted by atomic mass is 32.2. The molecule has 0 saturated carbocycles. The number of imide groups is 1. The van der Waals surface area contributed by atoms with Gasteiger partial charge >= 0.3 is 0 Å². The first-order valence-corrected chi connectivity index (χ1v) is 5.72. The minimum absolute atomic E-state index is 0.270.